The molecule has 3 rings (SSSR count). The SMILES string of the molecule is Cc1n[nH]c(C)c1CCC(=O)N1CCCC(CN2CCC(C)CC2)C1. The molecule has 2 aliphatic rings. The third-order valence-electron chi connectivity index (χ3n) is 6.13. The summed E-state index contributed by atoms with van der Waals surface area (Å²) in [6.07, 6.45) is 6.51. The maximum Gasteiger partial charge on any atom is 0.222 e. The van der Waals surface area contributed by atoms with Crippen molar-refractivity contribution in [2.24, 2.45) is 11.8 Å². The van der Waals surface area contributed by atoms with E-state index in [4.69, 9.17) is 0 Å². The molecule has 0 bridgehead atoms. The Labute approximate surface area is 152 Å². The topological polar surface area (TPSA) is 52.2 Å². The van der Waals surface area contributed by atoms with E-state index in [1.165, 1.54) is 44.5 Å². The molecule has 1 N–H and O–H groups in total. The maximum atomic E-state index is 12.7. The fraction of sp³-hybridized carbons (Fsp3) is 0.800. The summed E-state index contributed by atoms with van der Waals surface area (Å²) in [5.74, 6) is 1.86. The molecule has 0 spiro atoms. The van der Waals surface area contributed by atoms with E-state index in [0.29, 0.717) is 18.2 Å². The van der Waals surface area contributed by atoms with E-state index in [1.807, 2.05) is 13.8 Å². The van der Waals surface area contributed by atoms with Crippen LogP contribution >= 0.6 is 0 Å². The van der Waals surface area contributed by atoms with Crippen molar-refractivity contribution in [1.29, 1.82) is 0 Å². The number of piperidine rings is 2. The van der Waals surface area contributed by atoms with Crippen molar-refractivity contribution < 1.29 is 4.79 Å². The van der Waals surface area contributed by atoms with Crippen LogP contribution in [0.5, 0.6) is 0 Å². The number of amides is 1. The van der Waals surface area contributed by atoms with E-state index in [2.05, 4.69) is 26.9 Å². The number of aromatic nitrogens is 2. The number of aryl methyl sites for hydroxylation is 2. The second-order valence-electron chi connectivity index (χ2n) is 8.24. The highest BCUT2D eigenvalue weighted by Gasteiger charge is 2.26. The Balaban J connectivity index is 1.46. The lowest BCUT2D eigenvalue weighted by molar-refractivity contribution is -0.133. The van der Waals surface area contributed by atoms with Gasteiger partial charge in [0, 0.05) is 31.7 Å². The summed E-state index contributed by atoms with van der Waals surface area (Å²) in [7, 11) is 0. The highest BCUT2D eigenvalue weighted by atomic mass is 16.2. The van der Waals surface area contributed by atoms with Crippen LogP contribution in [-0.4, -0.2) is 58.6 Å². The number of carbonyl (C=O) groups is 1. The minimum atomic E-state index is 0.317. The zero-order chi connectivity index (χ0) is 17.8. The quantitative estimate of drug-likeness (QED) is 0.892. The zero-order valence-electron chi connectivity index (χ0n) is 16.2. The molecule has 0 saturated carbocycles. The summed E-state index contributed by atoms with van der Waals surface area (Å²) in [5.41, 5.74) is 3.34. The van der Waals surface area contributed by atoms with Gasteiger partial charge in [-0.3, -0.25) is 9.89 Å². The van der Waals surface area contributed by atoms with Gasteiger partial charge in [-0.15, -0.1) is 0 Å². The van der Waals surface area contributed by atoms with Gasteiger partial charge in [-0.1, -0.05) is 6.92 Å². The van der Waals surface area contributed by atoms with Gasteiger partial charge in [-0.25, -0.2) is 0 Å². The lowest BCUT2D eigenvalue weighted by atomic mass is 9.94. The number of rotatable bonds is 5. The van der Waals surface area contributed by atoms with Crippen LogP contribution in [0.3, 0.4) is 0 Å². The number of carbonyl (C=O) groups excluding carboxylic acids is 1. The highest BCUT2D eigenvalue weighted by molar-refractivity contribution is 5.76. The van der Waals surface area contributed by atoms with Crippen molar-refractivity contribution in [1.82, 2.24) is 20.0 Å². The number of nitrogens with one attached hydrogen (secondary N) is 1. The average molecular weight is 347 g/mol. The van der Waals surface area contributed by atoms with Crippen LogP contribution in [0.1, 0.15) is 56.0 Å². The Morgan fingerprint density at radius 2 is 1.96 bits per heavy atom. The number of likely N-dealkylation sites (tertiary alicyclic amines) is 2. The molecule has 1 aromatic heterocycles. The third-order valence-corrected chi connectivity index (χ3v) is 6.13. The molecule has 5 nitrogen and oxygen atoms in total. The lowest BCUT2D eigenvalue weighted by Crippen LogP contribution is -2.45. The molecule has 3 heterocycles. The molecule has 1 atom stereocenters. The molecule has 0 radical (unpaired) electrons. The van der Waals surface area contributed by atoms with Crippen molar-refractivity contribution in [3.8, 4) is 0 Å². The third kappa shape index (κ3) is 4.84. The maximum absolute atomic E-state index is 12.7. The summed E-state index contributed by atoms with van der Waals surface area (Å²) < 4.78 is 0. The molecular weight excluding hydrogens is 312 g/mol. The van der Waals surface area contributed by atoms with Gasteiger partial charge >= 0.3 is 0 Å². The highest BCUT2D eigenvalue weighted by Crippen LogP contribution is 2.22. The second kappa shape index (κ2) is 8.35. The largest absolute Gasteiger partial charge is 0.342 e. The van der Waals surface area contributed by atoms with E-state index in [0.717, 1.165) is 43.2 Å². The standard InChI is InChI=1S/C20H34N4O/c1-15-8-11-23(12-9-15)13-18-5-4-10-24(14-18)20(25)7-6-19-16(2)21-22-17(19)3/h15,18H,4-14H2,1-3H3,(H,21,22). The van der Waals surface area contributed by atoms with Crippen molar-refractivity contribution in [3.05, 3.63) is 17.0 Å². The van der Waals surface area contributed by atoms with Crippen LogP contribution in [0, 0.1) is 25.7 Å². The summed E-state index contributed by atoms with van der Waals surface area (Å²) in [6, 6.07) is 0. The zero-order valence-corrected chi connectivity index (χ0v) is 16.2. The first-order chi connectivity index (χ1) is 12.0. The molecule has 140 valence electrons. The second-order valence-corrected chi connectivity index (χ2v) is 8.24. The fourth-order valence-corrected chi connectivity index (χ4v) is 4.38. The lowest BCUT2D eigenvalue weighted by Gasteiger charge is -2.38. The average Bonchev–Trinajstić information content (AvgIpc) is 2.93. The summed E-state index contributed by atoms with van der Waals surface area (Å²) in [5, 5.41) is 7.25. The molecule has 2 aliphatic heterocycles. The van der Waals surface area contributed by atoms with E-state index in [1.54, 1.807) is 0 Å². The van der Waals surface area contributed by atoms with E-state index >= 15 is 0 Å². The predicted octanol–water partition coefficient (Wildman–Crippen LogP) is 2.93. The Hall–Kier alpha value is -1.36. The number of hydrogen-bond acceptors (Lipinski definition) is 3. The summed E-state index contributed by atoms with van der Waals surface area (Å²) >= 11 is 0. The van der Waals surface area contributed by atoms with Gasteiger partial charge in [0.1, 0.15) is 0 Å². The molecule has 0 aliphatic carbocycles. The van der Waals surface area contributed by atoms with E-state index < -0.39 is 0 Å². The first-order valence-electron chi connectivity index (χ1n) is 10.0. The van der Waals surface area contributed by atoms with E-state index in [9.17, 15) is 4.79 Å². The van der Waals surface area contributed by atoms with Crippen LogP contribution in [0.4, 0.5) is 0 Å². The van der Waals surface area contributed by atoms with Crippen molar-refractivity contribution in [2.45, 2.75) is 59.3 Å². The summed E-state index contributed by atoms with van der Waals surface area (Å²) in [6.45, 7) is 12.0. The van der Waals surface area contributed by atoms with Crippen molar-refractivity contribution in [3.63, 3.8) is 0 Å². The Morgan fingerprint density at radius 1 is 1.20 bits per heavy atom. The molecule has 25 heavy (non-hydrogen) atoms. The molecule has 1 unspecified atom stereocenters. The Morgan fingerprint density at radius 3 is 2.64 bits per heavy atom. The molecule has 5 heteroatoms. The van der Waals surface area contributed by atoms with Crippen molar-refractivity contribution >= 4 is 5.91 Å². The van der Waals surface area contributed by atoms with Gasteiger partial charge in [0.2, 0.25) is 5.91 Å². The van der Waals surface area contributed by atoms with Gasteiger partial charge in [0.05, 0.1) is 5.69 Å². The Bertz CT molecular complexity index is 555. The number of nitrogens with zero attached hydrogens (tertiary/aromatic N) is 3. The normalized spacial score (nSPS) is 23.2. The van der Waals surface area contributed by atoms with Crippen LogP contribution in [-0.2, 0) is 11.2 Å². The van der Waals surface area contributed by atoms with Gasteiger partial charge in [-0.05, 0) is 76.4 Å². The van der Waals surface area contributed by atoms with Gasteiger partial charge < -0.3 is 9.80 Å². The molecule has 0 aromatic carbocycles. The smallest absolute Gasteiger partial charge is 0.222 e. The first kappa shape index (κ1) is 18.4. The summed E-state index contributed by atoms with van der Waals surface area (Å²) in [4.78, 5) is 17.4. The molecular formula is C20H34N4O. The molecule has 2 saturated heterocycles. The number of H-pyrrole nitrogens is 1. The number of hydrogen-bond donors (Lipinski definition) is 1. The van der Waals surface area contributed by atoms with Crippen LogP contribution < -0.4 is 0 Å². The Kier molecular flexibility index (Phi) is 6.15. The monoisotopic (exact) mass is 346 g/mol. The predicted molar refractivity (Wildman–Crippen MR) is 101 cm³/mol. The van der Waals surface area contributed by atoms with E-state index in [-0.39, 0.29) is 0 Å². The molecule has 1 aromatic rings. The molecule has 2 fully saturated rings. The fourth-order valence-electron chi connectivity index (χ4n) is 4.38. The minimum absolute atomic E-state index is 0.317. The van der Waals surface area contributed by atoms with Gasteiger partial charge in [0.25, 0.3) is 0 Å². The van der Waals surface area contributed by atoms with Crippen LogP contribution in [0.15, 0.2) is 0 Å². The van der Waals surface area contributed by atoms with Crippen LogP contribution in [0.25, 0.3) is 0 Å². The van der Waals surface area contributed by atoms with Gasteiger partial charge in [0.15, 0.2) is 0 Å². The van der Waals surface area contributed by atoms with Crippen LogP contribution in [0.2, 0.25) is 0 Å². The first-order valence-corrected chi connectivity index (χ1v) is 10.0. The molecule has 1 amide bonds. The minimum Gasteiger partial charge on any atom is -0.342 e. The van der Waals surface area contributed by atoms with Gasteiger partial charge in [-0.2, -0.15) is 5.10 Å². The number of aromatic amines is 1. The van der Waals surface area contributed by atoms with Crippen molar-refractivity contribution in [2.75, 3.05) is 32.7 Å².